The van der Waals surface area contributed by atoms with Crippen molar-refractivity contribution in [1.82, 2.24) is 20.1 Å². The van der Waals surface area contributed by atoms with Crippen LogP contribution in [0.3, 0.4) is 0 Å². The van der Waals surface area contributed by atoms with Gasteiger partial charge in [0.2, 0.25) is 0 Å². The van der Waals surface area contributed by atoms with Gasteiger partial charge in [-0.25, -0.2) is 4.98 Å². The van der Waals surface area contributed by atoms with Crippen LogP contribution < -0.4 is 0 Å². The molecule has 0 saturated heterocycles. The standard InChI is InChI=1S/C12H13N5O3/c1-8-3-4-10(17(19)20)9(5-8)12(18)16(2)6-11-13-7-14-15-11/h3-5,7H,6H2,1-2H3,(H,13,14,15). The van der Waals surface area contributed by atoms with E-state index in [4.69, 9.17) is 0 Å². The van der Waals surface area contributed by atoms with Crippen molar-refractivity contribution in [2.45, 2.75) is 13.5 Å². The van der Waals surface area contributed by atoms with Gasteiger partial charge in [0.15, 0.2) is 0 Å². The van der Waals surface area contributed by atoms with Crippen LogP contribution in [0.4, 0.5) is 5.69 Å². The molecule has 1 heterocycles. The topological polar surface area (TPSA) is 105 Å². The maximum absolute atomic E-state index is 12.3. The quantitative estimate of drug-likeness (QED) is 0.668. The number of H-pyrrole nitrogens is 1. The van der Waals surface area contributed by atoms with E-state index in [2.05, 4.69) is 15.2 Å². The van der Waals surface area contributed by atoms with E-state index in [9.17, 15) is 14.9 Å². The van der Waals surface area contributed by atoms with E-state index in [0.717, 1.165) is 5.56 Å². The number of carbonyl (C=O) groups is 1. The van der Waals surface area contributed by atoms with Gasteiger partial charge in [-0.1, -0.05) is 6.07 Å². The Balaban J connectivity index is 2.28. The molecule has 2 rings (SSSR count). The molecule has 0 aliphatic rings. The molecule has 1 aromatic heterocycles. The fraction of sp³-hybridized carbons (Fsp3) is 0.250. The Labute approximate surface area is 114 Å². The van der Waals surface area contributed by atoms with E-state index in [1.54, 1.807) is 20.0 Å². The van der Waals surface area contributed by atoms with Crippen LogP contribution >= 0.6 is 0 Å². The molecule has 0 fully saturated rings. The van der Waals surface area contributed by atoms with E-state index >= 15 is 0 Å². The lowest BCUT2D eigenvalue weighted by molar-refractivity contribution is -0.385. The zero-order chi connectivity index (χ0) is 14.7. The van der Waals surface area contributed by atoms with Crippen LogP contribution in [-0.2, 0) is 6.54 Å². The van der Waals surface area contributed by atoms with E-state index in [-0.39, 0.29) is 17.8 Å². The van der Waals surface area contributed by atoms with Crippen molar-refractivity contribution >= 4 is 11.6 Å². The molecule has 0 aliphatic carbocycles. The molecule has 1 N–H and O–H groups in total. The second kappa shape index (κ2) is 5.47. The number of aromatic nitrogens is 3. The molecular weight excluding hydrogens is 262 g/mol. The van der Waals surface area contributed by atoms with Crippen molar-refractivity contribution in [1.29, 1.82) is 0 Å². The predicted molar refractivity (Wildman–Crippen MR) is 70.0 cm³/mol. The third-order valence-corrected chi connectivity index (χ3v) is 2.78. The average molecular weight is 275 g/mol. The van der Waals surface area contributed by atoms with Gasteiger partial charge in [0, 0.05) is 13.1 Å². The van der Waals surface area contributed by atoms with Crippen LogP contribution in [0.2, 0.25) is 0 Å². The Morgan fingerprint density at radius 1 is 1.50 bits per heavy atom. The summed E-state index contributed by atoms with van der Waals surface area (Å²) in [6, 6.07) is 4.45. The molecule has 104 valence electrons. The number of aryl methyl sites for hydroxylation is 1. The number of nitro benzene ring substituents is 1. The molecule has 1 amide bonds. The zero-order valence-electron chi connectivity index (χ0n) is 11.0. The van der Waals surface area contributed by atoms with Gasteiger partial charge in [-0.3, -0.25) is 20.0 Å². The summed E-state index contributed by atoms with van der Waals surface area (Å²) in [5.74, 6) is 0.0768. The third-order valence-electron chi connectivity index (χ3n) is 2.78. The molecule has 0 saturated carbocycles. The lowest BCUT2D eigenvalue weighted by Gasteiger charge is -2.15. The van der Waals surface area contributed by atoms with Gasteiger partial charge in [0.25, 0.3) is 11.6 Å². The van der Waals surface area contributed by atoms with Crippen LogP contribution in [0, 0.1) is 17.0 Å². The first-order valence-electron chi connectivity index (χ1n) is 5.84. The fourth-order valence-corrected chi connectivity index (χ4v) is 1.79. The minimum Gasteiger partial charge on any atom is -0.334 e. The summed E-state index contributed by atoms with van der Waals surface area (Å²) in [4.78, 5) is 28.0. The Morgan fingerprint density at radius 3 is 2.85 bits per heavy atom. The van der Waals surface area contributed by atoms with Gasteiger partial charge in [0.1, 0.15) is 17.7 Å². The number of hydrogen-bond donors (Lipinski definition) is 1. The van der Waals surface area contributed by atoms with Crippen molar-refractivity contribution in [2.24, 2.45) is 0 Å². The molecule has 8 nitrogen and oxygen atoms in total. The number of nitrogens with one attached hydrogen (secondary N) is 1. The molecule has 0 aliphatic heterocycles. The SMILES string of the molecule is Cc1ccc([N+](=O)[O-])c(C(=O)N(C)Cc2ncn[nH]2)c1. The lowest BCUT2D eigenvalue weighted by Crippen LogP contribution is -2.27. The number of aromatic amines is 1. The van der Waals surface area contributed by atoms with Crippen LogP contribution in [-0.4, -0.2) is 38.0 Å². The molecule has 0 atom stereocenters. The minimum atomic E-state index is -0.561. The summed E-state index contributed by atoms with van der Waals surface area (Å²) in [7, 11) is 1.55. The van der Waals surface area contributed by atoms with Crippen molar-refractivity contribution in [3.05, 3.63) is 51.6 Å². The van der Waals surface area contributed by atoms with E-state index in [0.29, 0.717) is 5.82 Å². The van der Waals surface area contributed by atoms with Crippen molar-refractivity contribution in [3.8, 4) is 0 Å². The Kier molecular flexibility index (Phi) is 3.74. The summed E-state index contributed by atoms with van der Waals surface area (Å²) < 4.78 is 0. The highest BCUT2D eigenvalue weighted by Gasteiger charge is 2.23. The first-order valence-corrected chi connectivity index (χ1v) is 5.84. The molecule has 0 spiro atoms. The monoisotopic (exact) mass is 275 g/mol. The Morgan fingerprint density at radius 2 is 2.25 bits per heavy atom. The lowest BCUT2D eigenvalue weighted by atomic mass is 10.1. The van der Waals surface area contributed by atoms with Gasteiger partial charge >= 0.3 is 0 Å². The van der Waals surface area contributed by atoms with Gasteiger partial charge < -0.3 is 4.90 Å². The van der Waals surface area contributed by atoms with Crippen molar-refractivity contribution in [2.75, 3.05) is 7.05 Å². The summed E-state index contributed by atoms with van der Waals surface area (Å²) in [5.41, 5.74) is 0.647. The van der Waals surface area contributed by atoms with Gasteiger partial charge in [-0.15, -0.1) is 0 Å². The summed E-state index contributed by atoms with van der Waals surface area (Å²) in [6.07, 6.45) is 1.34. The molecule has 2 aromatic rings. The molecule has 0 unspecified atom stereocenters. The van der Waals surface area contributed by atoms with E-state index in [1.807, 2.05) is 0 Å². The number of rotatable bonds is 4. The maximum atomic E-state index is 12.3. The van der Waals surface area contributed by atoms with Crippen molar-refractivity contribution < 1.29 is 9.72 Å². The largest absolute Gasteiger partial charge is 0.334 e. The summed E-state index contributed by atoms with van der Waals surface area (Å²) in [6.45, 7) is 1.97. The van der Waals surface area contributed by atoms with Crippen LogP contribution in [0.5, 0.6) is 0 Å². The molecule has 1 aromatic carbocycles. The van der Waals surface area contributed by atoms with E-state index in [1.165, 1.54) is 23.4 Å². The summed E-state index contributed by atoms with van der Waals surface area (Å²) in [5, 5.41) is 17.3. The molecule has 0 radical (unpaired) electrons. The highest BCUT2D eigenvalue weighted by Crippen LogP contribution is 2.21. The zero-order valence-corrected chi connectivity index (χ0v) is 11.0. The second-order valence-corrected chi connectivity index (χ2v) is 4.37. The van der Waals surface area contributed by atoms with Crippen LogP contribution in [0.15, 0.2) is 24.5 Å². The first-order chi connectivity index (χ1) is 9.49. The fourth-order valence-electron chi connectivity index (χ4n) is 1.79. The van der Waals surface area contributed by atoms with Gasteiger partial charge in [-0.05, 0) is 18.6 Å². The number of nitrogens with zero attached hydrogens (tertiary/aromatic N) is 4. The molecule has 0 bridgehead atoms. The number of carbonyl (C=O) groups excluding carboxylic acids is 1. The summed E-state index contributed by atoms with van der Waals surface area (Å²) >= 11 is 0. The second-order valence-electron chi connectivity index (χ2n) is 4.37. The average Bonchev–Trinajstić information content (AvgIpc) is 2.90. The molecule has 20 heavy (non-hydrogen) atoms. The first kappa shape index (κ1) is 13.7. The number of amides is 1. The molecular formula is C12H13N5O3. The number of nitro groups is 1. The predicted octanol–water partition coefficient (Wildman–Crippen LogP) is 1.29. The van der Waals surface area contributed by atoms with Crippen LogP contribution in [0.1, 0.15) is 21.7 Å². The number of hydrogen-bond acceptors (Lipinski definition) is 5. The smallest absolute Gasteiger partial charge is 0.282 e. The normalized spacial score (nSPS) is 10.3. The van der Waals surface area contributed by atoms with Gasteiger partial charge in [-0.2, -0.15) is 5.10 Å². The highest BCUT2D eigenvalue weighted by atomic mass is 16.6. The third kappa shape index (κ3) is 2.79. The highest BCUT2D eigenvalue weighted by molar-refractivity contribution is 5.98. The van der Waals surface area contributed by atoms with Crippen LogP contribution in [0.25, 0.3) is 0 Å². The van der Waals surface area contributed by atoms with E-state index < -0.39 is 10.8 Å². The maximum Gasteiger partial charge on any atom is 0.282 e. The number of benzene rings is 1. The molecule has 8 heteroatoms. The van der Waals surface area contributed by atoms with Crippen molar-refractivity contribution in [3.63, 3.8) is 0 Å². The Bertz CT molecular complexity index is 639. The minimum absolute atomic E-state index is 0.0667. The Hall–Kier alpha value is -2.77. The van der Waals surface area contributed by atoms with Gasteiger partial charge in [0.05, 0.1) is 11.5 Å².